The molecule has 0 fully saturated rings. The van der Waals surface area contributed by atoms with Crippen LogP contribution in [0.4, 0.5) is 5.69 Å². The topological polar surface area (TPSA) is 93.7 Å². The molecule has 1 amide bonds. The third-order valence-corrected chi connectivity index (χ3v) is 5.84. The van der Waals surface area contributed by atoms with Crippen LogP contribution >= 0.6 is 0 Å². The van der Waals surface area contributed by atoms with Gasteiger partial charge in [0.2, 0.25) is 15.9 Å². The van der Waals surface area contributed by atoms with Crippen LogP contribution in [-0.2, 0) is 21.2 Å². The lowest BCUT2D eigenvalue weighted by atomic mass is 10.1. The molecule has 0 saturated heterocycles. The predicted molar refractivity (Wildman–Crippen MR) is 108 cm³/mol. The van der Waals surface area contributed by atoms with Crippen molar-refractivity contribution in [2.45, 2.75) is 37.6 Å². The zero-order valence-corrected chi connectivity index (χ0v) is 17.3. The van der Waals surface area contributed by atoms with E-state index < -0.39 is 10.0 Å². The molecule has 2 N–H and O–H groups in total. The van der Waals surface area contributed by atoms with Crippen LogP contribution in [0.2, 0.25) is 0 Å². The monoisotopic (exact) mass is 406 g/mol. The average molecular weight is 407 g/mol. The van der Waals surface area contributed by atoms with Crippen LogP contribution in [0.3, 0.4) is 0 Å². The number of carbonyl (C=O) groups is 1. The lowest BCUT2D eigenvalue weighted by Crippen LogP contribution is -2.31. The second kappa shape index (κ2) is 9.57. The summed E-state index contributed by atoms with van der Waals surface area (Å²) >= 11 is 0. The minimum Gasteiger partial charge on any atom is -0.493 e. The van der Waals surface area contributed by atoms with Crippen molar-refractivity contribution in [1.29, 1.82) is 0 Å². The highest BCUT2D eigenvalue weighted by Gasteiger charge is 2.16. The number of hydrogen-bond donors (Lipinski definition) is 2. The summed E-state index contributed by atoms with van der Waals surface area (Å²) in [6.45, 7) is 3.71. The van der Waals surface area contributed by atoms with Gasteiger partial charge in [0, 0.05) is 11.7 Å². The first kappa shape index (κ1) is 21.7. The molecule has 0 saturated carbocycles. The number of carbonyl (C=O) groups excluding carboxylic acids is 1. The molecule has 152 valence electrons. The van der Waals surface area contributed by atoms with Crippen molar-refractivity contribution < 1.29 is 22.7 Å². The number of nitrogens with one attached hydrogen (secondary N) is 2. The number of hydrogen-bond acceptors (Lipinski definition) is 5. The molecule has 1 atom stereocenters. The average Bonchev–Trinajstić information content (AvgIpc) is 2.67. The second-order valence-corrected chi connectivity index (χ2v) is 8.08. The van der Waals surface area contributed by atoms with E-state index in [0.717, 1.165) is 5.56 Å². The predicted octanol–water partition coefficient (Wildman–Crippen LogP) is 2.96. The van der Waals surface area contributed by atoms with E-state index >= 15 is 0 Å². The number of rotatable bonds is 9. The summed E-state index contributed by atoms with van der Waals surface area (Å²) in [6, 6.07) is 11.2. The number of methoxy groups -OCH3 is 2. The van der Waals surface area contributed by atoms with Gasteiger partial charge in [-0.15, -0.1) is 0 Å². The minimum absolute atomic E-state index is 0.147. The fourth-order valence-electron chi connectivity index (χ4n) is 2.51. The van der Waals surface area contributed by atoms with Gasteiger partial charge < -0.3 is 14.8 Å². The van der Waals surface area contributed by atoms with Crippen molar-refractivity contribution in [3.63, 3.8) is 0 Å². The van der Waals surface area contributed by atoms with Gasteiger partial charge in [-0.05, 0) is 55.3 Å². The van der Waals surface area contributed by atoms with Crippen LogP contribution in [0.25, 0.3) is 0 Å². The number of sulfonamides is 1. The Kier molecular flexibility index (Phi) is 7.42. The van der Waals surface area contributed by atoms with E-state index in [0.29, 0.717) is 23.6 Å². The third-order valence-electron chi connectivity index (χ3n) is 4.23. The van der Waals surface area contributed by atoms with Gasteiger partial charge in [-0.1, -0.05) is 13.0 Å². The molecule has 2 rings (SSSR count). The Morgan fingerprint density at radius 1 is 1.04 bits per heavy atom. The Balaban J connectivity index is 2.03. The summed E-state index contributed by atoms with van der Waals surface area (Å²) in [5.74, 6) is 0.922. The lowest BCUT2D eigenvalue weighted by Gasteiger charge is -2.13. The van der Waals surface area contributed by atoms with E-state index in [-0.39, 0.29) is 23.3 Å². The summed E-state index contributed by atoms with van der Waals surface area (Å²) in [7, 11) is -0.485. The zero-order valence-electron chi connectivity index (χ0n) is 16.5. The molecule has 7 nitrogen and oxygen atoms in total. The van der Waals surface area contributed by atoms with Crippen LogP contribution in [0, 0.1) is 0 Å². The fourth-order valence-corrected chi connectivity index (χ4v) is 3.84. The molecular weight excluding hydrogens is 380 g/mol. The van der Waals surface area contributed by atoms with E-state index in [1.54, 1.807) is 44.4 Å². The largest absolute Gasteiger partial charge is 0.493 e. The van der Waals surface area contributed by atoms with Crippen molar-refractivity contribution >= 4 is 21.6 Å². The highest BCUT2D eigenvalue weighted by molar-refractivity contribution is 7.89. The molecule has 2 aromatic rings. The Hall–Kier alpha value is -2.58. The van der Waals surface area contributed by atoms with Gasteiger partial charge >= 0.3 is 0 Å². The van der Waals surface area contributed by atoms with Gasteiger partial charge in [0.1, 0.15) is 0 Å². The van der Waals surface area contributed by atoms with Crippen LogP contribution in [0.5, 0.6) is 11.5 Å². The van der Waals surface area contributed by atoms with E-state index in [4.69, 9.17) is 9.47 Å². The van der Waals surface area contributed by atoms with E-state index in [1.807, 2.05) is 6.92 Å². The number of amides is 1. The second-order valence-electron chi connectivity index (χ2n) is 6.37. The molecule has 0 radical (unpaired) electrons. The summed E-state index contributed by atoms with van der Waals surface area (Å²) in [5.41, 5.74) is 1.29. The molecule has 0 aromatic heterocycles. The maximum absolute atomic E-state index is 12.3. The summed E-state index contributed by atoms with van der Waals surface area (Å²) in [5, 5.41) is 2.76. The summed E-state index contributed by atoms with van der Waals surface area (Å²) < 4.78 is 37.6. The van der Waals surface area contributed by atoms with Crippen molar-refractivity contribution in [1.82, 2.24) is 4.72 Å². The molecule has 0 aliphatic heterocycles. The van der Waals surface area contributed by atoms with Gasteiger partial charge in [-0.2, -0.15) is 0 Å². The Morgan fingerprint density at radius 3 is 2.25 bits per heavy atom. The van der Waals surface area contributed by atoms with Gasteiger partial charge in [-0.3, -0.25) is 4.79 Å². The van der Waals surface area contributed by atoms with E-state index in [2.05, 4.69) is 10.0 Å². The first-order chi connectivity index (χ1) is 13.3. The molecule has 2 aromatic carbocycles. The van der Waals surface area contributed by atoms with Gasteiger partial charge in [0.15, 0.2) is 11.5 Å². The van der Waals surface area contributed by atoms with Crippen molar-refractivity contribution in [2.24, 2.45) is 0 Å². The standard InChI is InChI=1S/C20H26N2O5S/c1-5-14(2)22-28(24,25)17-9-7-16(8-10-17)21-20(23)13-15-6-11-18(26-3)19(12-15)27-4/h6-12,14,22H,5,13H2,1-4H3,(H,21,23). The summed E-state index contributed by atoms with van der Waals surface area (Å²) in [4.78, 5) is 12.4. The normalized spacial score (nSPS) is 12.3. The zero-order chi connectivity index (χ0) is 20.7. The molecule has 0 bridgehead atoms. The van der Waals surface area contributed by atoms with Crippen molar-refractivity contribution in [2.75, 3.05) is 19.5 Å². The smallest absolute Gasteiger partial charge is 0.240 e. The lowest BCUT2D eigenvalue weighted by molar-refractivity contribution is -0.115. The molecule has 0 spiro atoms. The quantitative estimate of drug-likeness (QED) is 0.668. The van der Waals surface area contributed by atoms with Gasteiger partial charge in [-0.25, -0.2) is 13.1 Å². The third kappa shape index (κ3) is 5.71. The van der Waals surface area contributed by atoms with E-state index in [9.17, 15) is 13.2 Å². The van der Waals surface area contributed by atoms with Crippen molar-refractivity contribution in [3.8, 4) is 11.5 Å². The van der Waals surface area contributed by atoms with Crippen LogP contribution in [0.15, 0.2) is 47.4 Å². The van der Waals surface area contributed by atoms with Crippen LogP contribution in [0.1, 0.15) is 25.8 Å². The van der Waals surface area contributed by atoms with E-state index in [1.165, 1.54) is 19.2 Å². The number of anilines is 1. The number of benzene rings is 2. The van der Waals surface area contributed by atoms with Crippen LogP contribution in [-0.4, -0.2) is 34.6 Å². The maximum atomic E-state index is 12.3. The maximum Gasteiger partial charge on any atom is 0.240 e. The fraction of sp³-hybridized carbons (Fsp3) is 0.350. The molecule has 28 heavy (non-hydrogen) atoms. The highest BCUT2D eigenvalue weighted by Crippen LogP contribution is 2.27. The highest BCUT2D eigenvalue weighted by atomic mass is 32.2. The molecule has 0 aliphatic rings. The Morgan fingerprint density at radius 2 is 1.68 bits per heavy atom. The molecular formula is C20H26N2O5S. The Labute approximate surface area is 166 Å². The Bertz CT molecular complexity index is 911. The summed E-state index contributed by atoms with van der Waals surface area (Å²) in [6.07, 6.45) is 0.847. The van der Waals surface area contributed by atoms with Gasteiger partial charge in [0.05, 0.1) is 25.5 Å². The molecule has 1 unspecified atom stereocenters. The first-order valence-corrected chi connectivity index (χ1v) is 10.4. The molecule has 0 heterocycles. The SMILES string of the molecule is CCC(C)NS(=O)(=O)c1ccc(NC(=O)Cc2ccc(OC)c(OC)c2)cc1. The molecule has 0 aliphatic carbocycles. The van der Waals surface area contributed by atoms with Crippen molar-refractivity contribution in [3.05, 3.63) is 48.0 Å². The molecule has 8 heteroatoms. The van der Waals surface area contributed by atoms with Gasteiger partial charge in [0.25, 0.3) is 0 Å². The number of ether oxygens (including phenoxy) is 2. The van der Waals surface area contributed by atoms with Crippen LogP contribution < -0.4 is 19.5 Å². The minimum atomic E-state index is -3.57. The first-order valence-electron chi connectivity index (χ1n) is 8.92.